The summed E-state index contributed by atoms with van der Waals surface area (Å²) in [5.74, 6) is 3.16. The number of hydrogen-bond donors (Lipinski definition) is 2. The summed E-state index contributed by atoms with van der Waals surface area (Å²) in [6.07, 6.45) is 4.69. The highest BCUT2D eigenvalue weighted by Crippen LogP contribution is 2.31. The summed E-state index contributed by atoms with van der Waals surface area (Å²) in [4.78, 5) is 14.5. The third kappa shape index (κ3) is 6.14. The molecule has 0 aromatic carbocycles. The fraction of sp³-hybridized carbons (Fsp3) is 0.929. The molecule has 3 rings (SSSR count). The zero-order chi connectivity index (χ0) is 13.1. The highest BCUT2D eigenvalue weighted by Gasteiger charge is 2.34. The van der Waals surface area contributed by atoms with E-state index < -0.39 is 0 Å². The molecule has 2 unspecified atom stereocenters. The molecule has 3 fully saturated rings. The molecule has 2 heterocycles. The first-order chi connectivity index (χ1) is 9.31. The van der Waals surface area contributed by atoms with Crippen LogP contribution in [0.15, 0.2) is 0 Å². The first kappa shape index (κ1) is 19.4. The molecule has 2 N–H and O–H groups in total. The predicted octanol–water partition coefficient (Wildman–Crippen LogP) is 1.53. The maximum Gasteiger partial charge on any atom is 0.221 e. The van der Waals surface area contributed by atoms with Crippen LogP contribution in [0.4, 0.5) is 0 Å². The lowest BCUT2D eigenvalue weighted by atomic mass is 10.1. The molecule has 2 aliphatic heterocycles. The van der Waals surface area contributed by atoms with Crippen molar-refractivity contribution in [1.82, 2.24) is 15.5 Å². The standard InChI is InChI=1S/C14H25N3OS.2ClH/c18-14(7-12-10-19-6-4-15-12)16-8-11-3-5-17(9-11)13-1-2-13;;/h11-13,15H,1-10H2,(H,16,18);2*1H. The molecule has 21 heavy (non-hydrogen) atoms. The normalized spacial score (nSPS) is 29.3. The van der Waals surface area contributed by atoms with Gasteiger partial charge in [-0.1, -0.05) is 0 Å². The average Bonchev–Trinajstić information content (AvgIpc) is 3.17. The van der Waals surface area contributed by atoms with E-state index in [4.69, 9.17) is 0 Å². The summed E-state index contributed by atoms with van der Waals surface area (Å²) in [7, 11) is 0. The summed E-state index contributed by atoms with van der Waals surface area (Å²) in [6.45, 7) is 4.36. The van der Waals surface area contributed by atoms with Crippen molar-refractivity contribution in [3.05, 3.63) is 0 Å². The van der Waals surface area contributed by atoms with Gasteiger partial charge in [-0.15, -0.1) is 24.8 Å². The number of halogens is 2. The van der Waals surface area contributed by atoms with Gasteiger partial charge in [-0.2, -0.15) is 11.8 Å². The highest BCUT2D eigenvalue weighted by atomic mass is 35.5. The van der Waals surface area contributed by atoms with E-state index >= 15 is 0 Å². The second kappa shape index (κ2) is 9.46. The highest BCUT2D eigenvalue weighted by molar-refractivity contribution is 7.99. The van der Waals surface area contributed by atoms with Crippen LogP contribution in [0.5, 0.6) is 0 Å². The van der Waals surface area contributed by atoms with Crippen molar-refractivity contribution < 1.29 is 4.79 Å². The van der Waals surface area contributed by atoms with Gasteiger partial charge in [-0.05, 0) is 31.7 Å². The zero-order valence-corrected chi connectivity index (χ0v) is 14.8. The zero-order valence-electron chi connectivity index (χ0n) is 12.4. The Hall–Kier alpha value is 0.320. The number of nitrogens with zero attached hydrogens (tertiary/aromatic N) is 1. The lowest BCUT2D eigenvalue weighted by Gasteiger charge is -2.23. The van der Waals surface area contributed by atoms with Gasteiger partial charge in [-0.3, -0.25) is 4.79 Å². The van der Waals surface area contributed by atoms with Crippen molar-refractivity contribution in [2.75, 3.05) is 37.7 Å². The molecule has 0 spiro atoms. The van der Waals surface area contributed by atoms with Crippen LogP contribution in [-0.4, -0.2) is 60.6 Å². The molecule has 0 bridgehead atoms. The molecule has 0 radical (unpaired) electrons. The summed E-state index contributed by atoms with van der Waals surface area (Å²) in [6, 6.07) is 1.26. The third-order valence-electron chi connectivity index (χ3n) is 4.40. The van der Waals surface area contributed by atoms with Crippen LogP contribution < -0.4 is 10.6 Å². The lowest BCUT2D eigenvalue weighted by molar-refractivity contribution is -0.121. The fourth-order valence-corrected chi connectivity index (χ4v) is 4.05. The molecule has 0 aromatic heterocycles. The van der Waals surface area contributed by atoms with Gasteiger partial charge in [0, 0.05) is 49.6 Å². The van der Waals surface area contributed by atoms with Crippen molar-refractivity contribution in [2.45, 2.75) is 37.8 Å². The third-order valence-corrected chi connectivity index (χ3v) is 5.53. The van der Waals surface area contributed by atoms with Gasteiger partial charge >= 0.3 is 0 Å². The van der Waals surface area contributed by atoms with Crippen molar-refractivity contribution in [1.29, 1.82) is 0 Å². The van der Waals surface area contributed by atoms with E-state index in [0.717, 1.165) is 24.9 Å². The molecule has 7 heteroatoms. The minimum Gasteiger partial charge on any atom is -0.356 e. The molecule has 3 aliphatic rings. The Morgan fingerprint density at radius 1 is 1.29 bits per heavy atom. The van der Waals surface area contributed by atoms with Crippen LogP contribution in [0.3, 0.4) is 0 Å². The van der Waals surface area contributed by atoms with Gasteiger partial charge in [0.05, 0.1) is 0 Å². The topological polar surface area (TPSA) is 44.4 Å². The Morgan fingerprint density at radius 3 is 2.76 bits per heavy atom. The number of hydrogen-bond acceptors (Lipinski definition) is 4. The number of amides is 1. The minimum absolute atomic E-state index is 0. The van der Waals surface area contributed by atoms with Crippen LogP contribution >= 0.6 is 36.6 Å². The Balaban J connectivity index is 0.00000110. The Labute approximate surface area is 144 Å². The Morgan fingerprint density at radius 2 is 2.10 bits per heavy atom. The van der Waals surface area contributed by atoms with E-state index in [1.54, 1.807) is 0 Å². The summed E-state index contributed by atoms with van der Waals surface area (Å²) < 4.78 is 0. The van der Waals surface area contributed by atoms with Gasteiger partial charge in [0.1, 0.15) is 0 Å². The first-order valence-corrected chi connectivity index (χ1v) is 8.78. The van der Waals surface area contributed by atoms with E-state index in [2.05, 4.69) is 15.5 Å². The van der Waals surface area contributed by atoms with Crippen molar-refractivity contribution in [3.8, 4) is 0 Å². The summed E-state index contributed by atoms with van der Waals surface area (Å²) in [5, 5.41) is 6.56. The number of rotatable bonds is 5. The number of likely N-dealkylation sites (tertiary alicyclic amines) is 1. The maximum absolute atomic E-state index is 11.9. The quantitative estimate of drug-likeness (QED) is 0.784. The molecule has 1 aliphatic carbocycles. The van der Waals surface area contributed by atoms with Gasteiger partial charge in [0.2, 0.25) is 5.91 Å². The van der Waals surface area contributed by atoms with E-state index in [-0.39, 0.29) is 30.7 Å². The molecule has 2 atom stereocenters. The van der Waals surface area contributed by atoms with Crippen molar-refractivity contribution in [3.63, 3.8) is 0 Å². The molecule has 1 saturated carbocycles. The van der Waals surface area contributed by atoms with E-state index in [1.165, 1.54) is 38.1 Å². The van der Waals surface area contributed by atoms with Gasteiger partial charge in [0.25, 0.3) is 0 Å². The molecule has 1 amide bonds. The minimum atomic E-state index is 0. The Bertz CT molecular complexity index is 325. The monoisotopic (exact) mass is 355 g/mol. The van der Waals surface area contributed by atoms with E-state index in [0.29, 0.717) is 18.4 Å². The van der Waals surface area contributed by atoms with Gasteiger partial charge in [0.15, 0.2) is 0 Å². The number of nitrogens with one attached hydrogen (secondary N) is 2. The van der Waals surface area contributed by atoms with Crippen molar-refractivity contribution >= 4 is 42.5 Å². The van der Waals surface area contributed by atoms with Crippen LogP contribution in [0.1, 0.15) is 25.7 Å². The predicted molar refractivity (Wildman–Crippen MR) is 93.9 cm³/mol. The van der Waals surface area contributed by atoms with Crippen LogP contribution in [-0.2, 0) is 4.79 Å². The van der Waals surface area contributed by atoms with Crippen LogP contribution in [0, 0.1) is 5.92 Å². The molecular weight excluding hydrogens is 329 g/mol. The maximum atomic E-state index is 11.9. The average molecular weight is 356 g/mol. The first-order valence-electron chi connectivity index (χ1n) is 7.63. The molecular formula is C14H27Cl2N3OS. The smallest absolute Gasteiger partial charge is 0.221 e. The molecule has 0 aromatic rings. The van der Waals surface area contributed by atoms with Gasteiger partial charge in [-0.25, -0.2) is 0 Å². The second-order valence-electron chi connectivity index (χ2n) is 6.11. The van der Waals surface area contributed by atoms with Gasteiger partial charge < -0.3 is 15.5 Å². The largest absolute Gasteiger partial charge is 0.356 e. The lowest BCUT2D eigenvalue weighted by Crippen LogP contribution is -2.42. The fourth-order valence-electron chi connectivity index (χ4n) is 3.11. The molecule has 124 valence electrons. The number of carbonyl (C=O) groups excluding carboxylic acids is 1. The van der Waals surface area contributed by atoms with Crippen LogP contribution in [0.25, 0.3) is 0 Å². The Kier molecular flexibility index (Phi) is 8.72. The summed E-state index contributed by atoms with van der Waals surface area (Å²) >= 11 is 1.95. The molecule has 2 saturated heterocycles. The van der Waals surface area contributed by atoms with E-state index in [1.807, 2.05) is 11.8 Å². The van der Waals surface area contributed by atoms with Crippen molar-refractivity contribution in [2.24, 2.45) is 5.92 Å². The summed E-state index contributed by atoms with van der Waals surface area (Å²) in [5.41, 5.74) is 0. The number of thioether (sulfide) groups is 1. The van der Waals surface area contributed by atoms with Crippen LogP contribution in [0.2, 0.25) is 0 Å². The number of carbonyl (C=O) groups is 1. The molecule has 4 nitrogen and oxygen atoms in total. The second-order valence-corrected chi connectivity index (χ2v) is 7.26. The van der Waals surface area contributed by atoms with E-state index in [9.17, 15) is 4.79 Å². The SMILES string of the molecule is Cl.Cl.O=C(CC1CSCCN1)NCC1CCN(C2CC2)C1.